The average Bonchev–Trinajstić information content (AvgIpc) is 2.96. The molecule has 2 fully saturated rings. The smallest absolute Gasteiger partial charge is 0.233 e. The van der Waals surface area contributed by atoms with Crippen LogP contribution in [0.4, 0.5) is 0 Å². The molecule has 0 aromatic heterocycles. The van der Waals surface area contributed by atoms with E-state index in [0.717, 1.165) is 5.41 Å². The molecule has 0 amide bonds. The van der Waals surface area contributed by atoms with E-state index in [2.05, 4.69) is 11.3 Å². The SMILES string of the molecule is C=CS(=O)(=O)NC[C@H]1CCN(S(=O)(=O)C2CCOCC2)C1. The highest BCUT2D eigenvalue weighted by molar-refractivity contribution is 7.92. The van der Waals surface area contributed by atoms with E-state index in [4.69, 9.17) is 4.74 Å². The lowest BCUT2D eigenvalue weighted by Gasteiger charge is -2.27. The molecular formula is C12H22N2O5S2. The molecule has 0 saturated carbocycles. The molecular weight excluding hydrogens is 316 g/mol. The second-order valence-corrected chi connectivity index (χ2v) is 9.35. The van der Waals surface area contributed by atoms with Crippen LogP contribution in [0.3, 0.4) is 0 Å². The molecule has 0 unspecified atom stereocenters. The highest BCUT2D eigenvalue weighted by atomic mass is 32.2. The van der Waals surface area contributed by atoms with E-state index in [1.165, 1.54) is 4.31 Å². The lowest BCUT2D eigenvalue weighted by molar-refractivity contribution is 0.0973. The molecule has 2 saturated heterocycles. The first kappa shape index (κ1) is 16.9. The topological polar surface area (TPSA) is 92.8 Å². The van der Waals surface area contributed by atoms with Crippen LogP contribution in [0, 0.1) is 5.92 Å². The number of nitrogens with zero attached hydrogens (tertiary/aromatic N) is 1. The van der Waals surface area contributed by atoms with Crippen molar-refractivity contribution in [3.05, 3.63) is 12.0 Å². The molecule has 2 aliphatic heterocycles. The largest absolute Gasteiger partial charge is 0.381 e. The zero-order valence-corrected chi connectivity index (χ0v) is 13.5. The van der Waals surface area contributed by atoms with Crippen molar-refractivity contribution in [2.45, 2.75) is 24.5 Å². The molecule has 0 aromatic carbocycles. The summed E-state index contributed by atoms with van der Waals surface area (Å²) in [4.78, 5) is 0. The van der Waals surface area contributed by atoms with Crippen molar-refractivity contribution in [2.24, 2.45) is 5.92 Å². The summed E-state index contributed by atoms with van der Waals surface area (Å²) < 4.78 is 56.7. The summed E-state index contributed by atoms with van der Waals surface area (Å²) in [6.45, 7) is 5.27. The van der Waals surface area contributed by atoms with Gasteiger partial charge in [-0.2, -0.15) is 0 Å². The standard InChI is InChI=1S/C12H22N2O5S2/c1-2-20(15,16)13-9-11-3-6-14(10-11)21(17,18)12-4-7-19-8-5-12/h2,11-13H,1,3-10H2/t11-/m1/s1. The lowest BCUT2D eigenvalue weighted by atomic mass is 10.1. The molecule has 1 atom stereocenters. The molecule has 0 bridgehead atoms. The molecule has 0 aliphatic carbocycles. The third-order valence-corrected chi connectivity index (χ3v) is 7.36. The summed E-state index contributed by atoms with van der Waals surface area (Å²) in [7, 11) is -6.75. The van der Waals surface area contributed by atoms with Crippen LogP contribution in [-0.4, -0.2) is 59.2 Å². The first-order chi connectivity index (χ1) is 9.85. The maximum absolute atomic E-state index is 12.5. The van der Waals surface area contributed by atoms with E-state index in [9.17, 15) is 16.8 Å². The highest BCUT2D eigenvalue weighted by Gasteiger charge is 2.37. The first-order valence-corrected chi connectivity index (χ1v) is 10.1. The van der Waals surface area contributed by atoms with Crippen LogP contribution in [0.25, 0.3) is 0 Å². The van der Waals surface area contributed by atoms with E-state index >= 15 is 0 Å². The Bertz CT molecular complexity index is 566. The summed E-state index contributed by atoms with van der Waals surface area (Å²) in [5, 5.41) is 0.494. The summed E-state index contributed by atoms with van der Waals surface area (Å²) in [5.74, 6) is 0.00865. The molecule has 7 nitrogen and oxygen atoms in total. The third-order valence-electron chi connectivity index (χ3n) is 3.99. The van der Waals surface area contributed by atoms with Crippen molar-refractivity contribution in [3.8, 4) is 0 Å². The zero-order valence-electron chi connectivity index (χ0n) is 11.9. The van der Waals surface area contributed by atoms with Gasteiger partial charge in [-0.3, -0.25) is 0 Å². The van der Waals surface area contributed by atoms with E-state index in [0.29, 0.717) is 45.6 Å². The van der Waals surface area contributed by atoms with E-state index in [1.807, 2.05) is 0 Å². The summed E-state index contributed by atoms with van der Waals surface area (Å²) in [5.41, 5.74) is 0. The van der Waals surface area contributed by atoms with E-state index in [-0.39, 0.29) is 17.7 Å². The molecule has 2 aliphatic rings. The Morgan fingerprint density at radius 1 is 1.19 bits per heavy atom. The molecule has 2 heterocycles. The Labute approximate surface area is 126 Å². The Balaban J connectivity index is 1.90. The molecule has 0 radical (unpaired) electrons. The summed E-state index contributed by atoms with van der Waals surface area (Å²) >= 11 is 0. The molecule has 122 valence electrons. The van der Waals surface area contributed by atoms with Crippen LogP contribution in [0.2, 0.25) is 0 Å². The minimum atomic E-state index is -3.45. The van der Waals surface area contributed by atoms with Gasteiger partial charge in [0.1, 0.15) is 0 Å². The Morgan fingerprint density at radius 3 is 2.48 bits per heavy atom. The van der Waals surface area contributed by atoms with Crippen molar-refractivity contribution >= 4 is 20.0 Å². The zero-order chi connectivity index (χ0) is 15.5. The average molecular weight is 338 g/mol. The fourth-order valence-electron chi connectivity index (χ4n) is 2.67. The van der Waals surface area contributed by atoms with Crippen molar-refractivity contribution in [1.82, 2.24) is 9.03 Å². The maximum atomic E-state index is 12.5. The highest BCUT2D eigenvalue weighted by Crippen LogP contribution is 2.25. The molecule has 0 spiro atoms. The van der Waals surface area contributed by atoms with Crippen LogP contribution in [0.1, 0.15) is 19.3 Å². The lowest BCUT2D eigenvalue weighted by Crippen LogP contribution is -2.40. The predicted molar refractivity (Wildman–Crippen MR) is 79.6 cm³/mol. The van der Waals surface area contributed by atoms with Crippen molar-refractivity contribution in [3.63, 3.8) is 0 Å². The number of hydrogen-bond acceptors (Lipinski definition) is 5. The number of ether oxygens (including phenoxy) is 1. The quantitative estimate of drug-likeness (QED) is 0.729. The van der Waals surface area contributed by atoms with Gasteiger partial charge < -0.3 is 4.74 Å². The van der Waals surface area contributed by atoms with Crippen LogP contribution < -0.4 is 4.72 Å². The van der Waals surface area contributed by atoms with Crippen molar-refractivity contribution in [1.29, 1.82) is 0 Å². The third kappa shape index (κ3) is 4.26. The molecule has 1 N–H and O–H groups in total. The Kier molecular flexibility index (Phi) is 5.42. The molecule has 9 heteroatoms. The molecule has 0 aromatic rings. The van der Waals surface area contributed by atoms with Gasteiger partial charge in [0.05, 0.1) is 5.25 Å². The summed E-state index contributed by atoms with van der Waals surface area (Å²) in [6, 6.07) is 0. The van der Waals surface area contributed by atoms with Gasteiger partial charge in [-0.25, -0.2) is 25.9 Å². The van der Waals surface area contributed by atoms with Gasteiger partial charge in [0.2, 0.25) is 20.0 Å². The predicted octanol–water partition coefficient (Wildman–Crippen LogP) is -0.120. The monoisotopic (exact) mass is 338 g/mol. The van der Waals surface area contributed by atoms with Gasteiger partial charge in [0.15, 0.2) is 0 Å². The maximum Gasteiger partial charge on any atom is 0.233 e. The number of sulfonamides is 2. The first-order valence-electron chi connectivity index (χ1n) is 7.04. The minimum absolute atomic E-state index is 0.00865. The number of hydrogen-bond donors (Lipinski definition) is 1. The summed E-state index contributed by atoms with van der Waals surface area (Å²) in [6.07, 6.45) is 1.74. The van der Waals surface area contributed by atoms with Gasteiger partial charge in [-0.15, -0.1) is 0 Å². The fourth-order valence-corrected chi connectivity index (χ4v) is 5.25. The van der Waals surface area contributed by atoms with Crippen LogP contribution in [0.5, 0.6) is 0 Å². The van der Waals surface area contributed by atoms with Crippen LogP contribution in [0.15, 0.2) is 12.0 Å². The number of rotatable bonds is 6. The number of nitrogens with one attached hydrogen (secondary N) is 1. The normalized spacial score (nSPS) is 26.0. The second kappa shape index (κ2) is 6.74. The fraction of sp³-hybridized carbons (Fsp3) is 0.833. The minimum Gasteiger partial charge on any atom is -0.381 e. The van der Waals surface area contributed by atoms with E-state index < -0.39 is 20.0 Å². The van der Waals surface area contributed by atoms with Crippen LogP contribution >= 0.6 is 0 Å². The Hall–Kier alpha value is -0.480. The van der Waals surface area contributed by atoms with Crippen molar-refractivity contribution in [2.75, 3.05) is 32.8 Å². The molecule has 21 heavy (non-hydrogen) atoms. The van der Waals surface area contributed by atoms with E-state index in [1.54, 1.807) is 0 Å². The second-order valence-electron chi connectivity index (χ2n) is 5.43. The van der Waals surface area contributed by atoms with Gasteiger partial charge in [-0.05, 0) is 25.2 Å². The Morgan fingerprint density at radius 2 is 1.86 bits per heavy atom. The molecule has 2 rings (SSSR count). The van der Waals surface area contributed by atoms with Crippen LogP contribution in [-0.2, 0) is 24.8 Å². The van der Waals surface area contributed by atoms with Gasteiger partial charge in [-0.1, -0.05) is 6.58 Å². The van der Waals surface area contributed by atoms with Gasteiger partial charge in [0, 0.05) is 38.3 Å². The van der Waals surface area contributed by atoms with Gasteiger partial charge in [0.25, 0.3) is 0 Å². The van der Waals surface area contributed by atoms with Crippen molar-refractivity contribution < 1.29 is 21.6 Å². The van der Waals surface area contributed by atoms with Gasteiger partial charge >= 0.3 is 0 Å².